The fourth-order valence-corrected chi connectivity index (χ4v) is 2.70. The van der Waals surface area contributed by atoms with E-state index in [2.05, 4.69) is 14.9 Å². The standard InChI is InChI=1S/C17H19FN4O/c18-15-2-3-16(20-13-15)21-9-11-22(12-10-21)17(23)4-1-14-5-7-19-8-6-14/h2-3,5-8,13H,1,4,9-12H2. The predicted octanol–water partition coefficient (Wildman–Crippen LogP) is 1.90. The van der Waals surface area contributed by atoms with Crippen LogP contribution in [0.15, 0.2) is 42.9 Å². The summed E-state index contributed by atoms with van der Waals surface area (Å²) in [4.78, 5) is 24.3. The van der Waals surface area contributed by atoms with Gasteiger partial charge in [0, 0.05) is 45.0 Å². The van der Waals surface area contributed by atoms with E-state index in [0.29, 0.717) is 19.5 Å². The van der Waals surface area contributed by atoms with Crippen LogP contribution in [0.5, 0.6) is 0 Å². The molecular weight excluding hydrogens is 295 g/mol. The number of aryl methyl sites for hydroxylation is 1. The maximum absolute atomic E-state index is 12.9. The number of anilines is 1. The third-order valence-corrected chi connectivity index (χ3v) is 4.05. The Balaban J connectivity index is 1.48. The van der Waals surface area contributed by atoms with Crippen LogP contribution in [0.4, 0.5) is 10.2 Å². The van der Waals surface area contributed by atoms with Gasteiger partial charge in [-0.05, 0) is 36.2 Å². The number of hydrogen-bond donors (Lipinski definition) is 0. The highest BCUT2D eigenvalue weighted by molar-refractivity contribution is 5.76. The molecule has 6 heteroatoms. The van der Waals surface area contributed by atoms with Crippen LogP contribution in [0, 0.1) is 5.82 Å². The summed E-state index contributed by atoms with van der Waals surface area (Å²) in [5.74, 6) is 0.600. The number of halogens is 1. The van der Waals surface area contributed by atoms with Crippen LogP contribution >= 0.6 is 0 Å². The molecule has 0 bridgehead atoms. The normalized spacial score (nSPS) is 14.8. The topological polar surface area (TPSA) is 49.3 Å². The second-order valence-electron chi connectivity index (χ2n) is 5.56. The summed E-state index contributed by atoms with van der Waals surface area (Å²) >= 11 is 0. The molecule has 0 spiro atoms. The number of carbonyl (C=O) groups excluding carboxylic acids is 1. The van der Waals surface area contributed by atoms with Gasteiger partial charge in [0.1, 0.15) is 11.6 Å². The summed E-state index contributed by atoms with van der Waals surface area (Å²) in [6.45, 7) is 2.79. The van der Waals surface area contributed by atoms with Crippen LogP contribution in [0.3, 0.4) is 0 Å². The molecule has 3 heterocycles. The van der Waals surface area contributed by atoms with Gasteiger partial charge in [0.15, 0.2) is 0 Å². The molecule has 1 fully saturated rings. The molecular formula is C17H19FN4O. The van der Waals surface area contributed by atoms with E-state index in [9.17, 15) is 9.18 Å². The minimum atomic E-state index is -0.335. The van der Waals surface area contributed by atoms with Crippen molar-refractivity contribution in [2.24, 2.45) is 0 Å². The molecule has 0 unspecified atom stereocenters. The monoisotopic (exact) mass is 314 g/mol. The third kappa shape index (κ3) is 4.03. The van der Waals surface area contributed by atoms with E-state index in [1.807, 2.05) is 17.0 Å². The number of hydrogen-bond acceptors (Lipinski definition) is 4. The van der Waals surface area contributed by atoms with Gasteiger partial charge in [-0.1, -0.05) is 0 Å². The van der Waals surface area contributed by atoms with Crippen molar-refractivity contribution in [3.63, 3.8) is 0 Å². The molecule has 1 saturated heterocycles. The zero-order valence-corrected chi connectivity index (χ0v) is 12.9. The second-order valence-corrected chi connectivity index (χ2v) is 5.56. The van der Waals surface area contributed by atoms with Gasteiger partial charge in [-0.15, -0.1) is 0 Å². The molecule has 0 aromatic carbocycles. The van der Waals surface area contributed by atoms with E-state index in [1.54, 1.807) is 18.5 Å². The molecule has 0 aliphatic carbocycles. The number of amides is 1. The quantitative estimate of drug-likeness (QED) is 0.865. The smallest absolute Gasteiger partial charge is 0.223 e. The number of carbonyl (C=O) groups is 1. The summed E-state index contributed by atoms with van der Waals surface area (Å²) in [7, 11) is 0. The number of pyridine rings is 2. The van der Waals surface area contributed by atoms with Gasteiger partial charge in [0.05, 0.1) is 6.20 Å². The van der Waals surface area contributed by atoms with Gasteiger partial charge in [-0.3, -0.25) is 9.78 Å². The highest BCUT2D eigenvalue weighted by Crippen LogP contribution is 2.14. The van der Waals surface area contributed by atoms with Crippen molar-refractivity contribution in [1.29, 1.82) is 0 Å². The van der Waals surface area contributed by atoms with Gasteiger partial charge < -0.3 is 9.80 Å². The maximum Gasteiger partial charge on any atom is 0.223 e. The van der Waals surface area contributed by atoms with Crippen molar-refractivity contribution in [3.8, 4) is 0 Å². The minimum Gasteiger partial charge on any atom is -0.353 e. The van der Waals surface area contributed by atoms with Gasteiger partial charge in [0.2, 0.25) is 5.91 Å². The van der Waals surface area contributed by atoms with E-state index in [0.717, 1.165) is 30.9 Å². The zero-order chi connectivity index (χ0) is 16.1. The van der Waals surface area contributed by atoms with Gasteiger partial charge in [-0.2, -0.15) is 0 Å². The average molecular weight is 314 g/mol. The van der Waals surface area contributed by atoms with Crippen LogP contribution in [0.2, 0.25) is 0 Å². The number of aromatic nitrogens is 2. The molecule has 23 heavy (non-hydrogen) atoms. The SMILES string of the molecule is O=C(CCc1ccncc1)N1CCN(c2ccc(F)cn2)CC1. The first-order chi connectivity index (χ1) is 11.2. The van der Waals surface area contributed by atoms with E-state index < -0.39 is 0 Å². The number of piperazine rings is 1. The van der Waals surface area contributed by atoms with Crippen LogP contribution < -0.4 is 4.90 Å². The molecule has 3 rings (SSSR count). The third-order valence-electron chi connectivity index (χ3n) is 4.05. The summed E-state index contributed by atoms with van der Waals surface area (Å²) in [5, 5.41) is 0. The summed E-state index contributed by atoms with van der Waals surface area (Å²) < 4.78 is 12.9. The molecule has 1 amide bonds. The Hall–Kier alpha value is -2.50. The molecule has 0 saturated carbocycles. The highest BCUT2D eigenvalue weighted by atomic mass is 19.1. The molecule has 2 aromatic heterocycles. The van der Waals surface area contributed by atoms with E-state index in [-0.39, 0.29) is 11.7 Å². The van der Waals surface area contributed by atoms with Crippen LogP contribution in [0.1, 0.15) is 12.0 Å². The lowest BCUT2D eigenvalue weighted by Gasteiger charge is -2.35. The molecule has 2 aromatic rings. The van der Waals surface area contributed by atoms with Crippen molar-refractivity contribution in [2.45, 2.75) is 12.8 Å². The minimum absolute atomic E-state index is 0.175. The molecule has 120 valence electrons. The largest absolute Gasteiger partial charge is 0.353 e. The highest BCUT2D eigenvalue weighted by Gasteiger charge is 2.21. The van der Waals surface area contributed by atoms with Crippen LogP contribution in [-0.4, -0.2) is 47.0 Å². The Morgan fingerprint density at radius 2 is 1.83 bits per heavy atom. The van der Waals surface area contributed by atoms with Crippen molar-refractivity contribution < 1.29 is 9.18 Å². The first-order valence-electron chi connectivity index (χ1n) is 7.75. The molecule has 1 aliphatic heterocycles. The Morgan fingerprint density at radius 1 is 1.09 bits per heavy atom. The fraction of sp³-hybridized carbons (Fsp3) is 0.353. The Morgan fingerprint density at radius 3 is 2.48 bits per heavy atom. The van der Waals surface area contributed by atoms with E-state index in [1.165, 1.54) is 12.3 Å². The van der Waals surface area contributed by atoms with Gasteiger partial charge >= 0.3 is 0 Å². The molecule has 1 aliphatic rings. The lowest BCUT2D eigenvalue weighted by atomic mass is 10.1. The van der Waals surface area contributed by atoms with Crippen LogP contribution in [0.25, 0.3) is 0 Å². The summed E-state index contributed by atoms with van der Waals surface area (Å²) in [5.41, 5.74) is 1.13. The van der Waals surface area contributed by atoms with Crippen molar-refractivity contribution in [2.75, 3.05) is 31.1 Å². The molecule has 0 atom stereocenters. The van der Waals surface area contributed by atoms with Crippen molar-refractivity contribution in [1.82, 2.24) is 14.9 Å². The van der Waals surface area contributed by atoms with Crippen LogP contribution in [-0.2, 0) is 11.2 Å². The lowest BCUT2D eigenvalue weighted by molar-refractivity contribution is -0.131. The first-order valence-corrected chi connectivity index (χ1v) is 7.75. The summed E-state index contributed by atoms with van der Waals surface area (Å²) in [6.07, 6.45) is 5.96. The van der Waals surface area contributed by atoms with Crippen molar-refractivity contribution >= 4 is 11.7 Å². The van der Waals surface area contributed by atoms with E-state index >= 15 is 0 Å². The number of rotatable bonds is 4. The van der Waals surface area contributed by atoms with Gasteiger partial charge in [0.25, 0.3) is 0 Å². The van der Waals surface area contributed by atoms with E-state index in [4.69, 9.17) is 0 Å². The second kappa shape index (κ2) is 7.17. The van der Waals surface area contributed by atoms with Crippen molar-refractivity contribution in [3.05, 3.63) is 54.2 Å². The maximum atomic E-state index is 12.9. The molecule has 0 radical (unpaired) electrons. The Bertz CT molecular complexity index is 639. The van der Waals surface area contributed by atoms with Gasteiger partial charge in [-0.25, -0.2) is 9.37 Å². The molecule has 5 nitrogen and oxygen atoms in total. The number of nitrogens with zero attached hydrogens (tertiary/aromatic N) is 4. The Kier molecular flexibility index (Phi) is 4.80. The summed E-state index contributed by atoms with van der Waals surface area (Å²) in [6, 6.07) is 6.96. The average Bonchev–Trinajstić information content (AvgIpc) is 2.61. The zero-order valence-electron chi connectivity index (χ0n) is 12.9. The fourth-order valence-electron chi connectivity index (χ4n) is 2.70. The molecule has 0 N–H and O–H groups in total. The first kappa shape index (κ1) is 15.4. The predicted molar refractivity (Wildman–Crippen MR) is 85.5 cm³/mol. The Labute approximate surface area is 134 Å². The lowest BCUT2D eigenvalue weighted by Crippen LogP contribution is -2.49.